The molecule has 0 fully saturated rings. The summed E-state index contributed by atoms with van der Waals surface area (Å²) in [5, 5.41) is 2.63. The summed E-state index contributed by atoms with van der Waals surface area (Å²) < 4.78 is 2.66. The van der Waals surface area contributed by atoms with E-state index in [2.05, 4.69) is 222 Å². The lowest BCUT2D eigenvalue weighted by Crippen LogP contribution is -2.20. The van der Waals surface area contributed by atoms with Crippen LogP contribution < -0.4 is 4.90 Å². The molecule has 1 heterocycles. The van der Waals surface area contributed by atoms with Crippen LogP contribution >= 0.6 is 11.3 Å². The molecule has 1 nitrogen and oxygen atoms in total. The van der Waals surface area contributed by atoms with Crippen LogP contribution in [0.25, 0.3) is 64.7 Å². The number of anilines is 3. The van der Waals surface area contributed by atoms with Gasteiger partial charge in [-0.25, -0.2) is 0 Å². The first kappa shape index (κ1) is 35.2. The van der Waals surface area contributed by atoms with Gasteiger partial charge in [0.2, 0.25) is 0 Å². The number of thiophene rings is 1. The molecule has 1 aliphatic rings. The molecule has 0 unspecified atom stereocenters. The molecule has 0 aliphatic heterocycles. The number of benzene rings is 8. The van der Waals surface area contributed by atoms with Gasteiger partial charge in [0.05, 0.1) is 0 Å². The summed E-state index contributed by atoms with van der Waals surface area (Å²) in [7, 11) is 0. The van der Waals surface area contributed by atoms with Crippen molar-refractivity contribution in [3.8, 4) is 44.5 Å². The molecule has 0 saturated carbocycles. The van der Waals surface area contributed by atoms with Gasteiger partial charge in [-0.2, -0.15) is 0 Å². The fourth-order valence-corrected chi connectivity index (χ4v) is 10.2. The summed E-state index contributed by atoms with van der Waals surface area (Å²) in [4.78, 5) is 2.49. The molecule has 0 spiro atoms. The van der Waals surface area contributed by atoms with Crippen LogP contribution in [-0.4, -0.2) is 0 Å². The lowest BCUT2D eigenvalue weighted by molar-refractivity contribution is 0.591. The number of nitrogens with zero attached hydrogens (tertiary/aromatic N) is 1. The molecule has 0 N–H and O–H groups in total. The average Bonchev–Trinajstić information content (AvgIpc) is 3.73. The summed E-state index contributed by atoms with van der Waals surface area (Å²) >= 11 is 1.89. The van der Waals surface area contributed by atoms with Crippen LogP contribution in [0.1, 0.15) is 51.3 Å². The van der Waals surface area contributed by atoms with Crippen molar-refractivity contribution in [2.75, 3.05) is 4.90 Å². The van der Waals surface area contributed by atoms with Crippen LogP contribution in [0.5, 0.6) is 0 Å². The smallest absolute Gasteiger partial charge is 0.0499 e. The number of hydrogen-bond acceptors (Lipinski definition) is 2. The molecule has 1 aliphatic carbocycles. The van der Waals surface area contributed by atoms with Gasteiger partial charge in [-0.3, -0.25) is 0 Å². The van der Waals surface area contributed by atoms with Gasteiger partial charge < -0.3 is 4.90 Å². The highest BCUT2D eigenvalue weighted by Crippen LogP contribution is 2.52. The first-order chi connectivity index (χ1) is 27.6. The van der Waals surface area contributed by atoms with Crippen molar-refractivity contribution in [2.24, 2.45) is 0 Å². The standard InChI is InChI=1S/C55H45NS/c1-54(2,3)50-34-40(39-26-32-52-47(33-39)46-21-14-20-43(53(46)57-52)38-17-10-7-11-18-38)25-31-51(50)56(41-27-23-37(24-28-41)36-15-8-6-9-16-36)42-29-30-45-44-19-12-13-22-48(44)55(4,5)49(45)35-42/h6-35H,1-5H3. The predicted octanol–water partition coefficient (Wildman–Crippen LogP) is 16.1. The summed E-state index contributed by atoms with van der Waals surface area (Å²) in [6.07, 6.45) is 0. The minimum atomic E-state index is -0.135. The molecule has 276 valence electrons. The second kappa shape index (κ2) is 13.5. The van der Waals surface area contributed by atoms with Gasteiger partial charge >= 0.3 is 0 Å². The van der Waals surface area contributed by atoms with Crippen molar-refractivity contribution in [3.05, 3.63) is 199 Å². The van der Waals surface area contributed by atoms with Gasteiger partial charge in [0.1, 0.15) is 0 Å². The van der Waals surface area contributed by atoms with Gasteiger partial charge in [-0.15, -0.1) is 11.3 Å². The van der Waals surface area contributed by atoms with Crippen LogP contribution in [0.3, 0.4) is 0 Å². The van der Waals surface area contributed by atoms with Gasteiger partial charge in [0.15, 0.2) is 0 Å². The zero-order valence-electron chi connectivity index (χ0n) is 33.2. The highest BCUT2D eigenvalue weighted by Gasteiger charge is 2.36. The third-order valence-electron chi connectivity index (χ3n) is 12.0. The Morgan fingerprint density at radius 1 is 0.439 bits per heavy atom. The van der Waals surface area contributed by atoms with Crippen LogP contribution in [0.2, 0.25) is 0 Å². The molecule has 1 aromatic heterocycles. The van der Waals surface area contributed by atoms with Crippen molar-refractivity contribution < 1.29 is 0 Å². The molecule has 10 rings (SSSR count). The second-order valence-corrected chi connectivity index (χ2v) is 18.0. The van der Waals surface area contributed by atoms with Crippen molar-refractivity contribution in [1.82, 2.24) is 0 Å². The molecule has 57 heavy (non-hydrogen) atoms. The van der Waals surface area contributed by atoms with Crippen molar-refractivity contribution in [3.63, 3.8) is 0 Å². The summed E-state index contributed by atoms with van der Waals surface area (Å²) in [6.45, 7) is 11.8. The molecule has 0 atom stereocenters. The third kappa shape index (κ3) is 5.99. The normalized spacial score (nSPS) is 13.1. The maximum Gasteiger partial charge on any atom is 0.0499 e. The Morgan fingerprint density at radius 2 is 1.04 bits per heavy atom. The van der Waals surface area contributed by atoms with Crippen LogP contribution in [0.15, 0.2) is 182 Å². The maximum atomic E-state index is 2.49. The topological polar surface area (TPSA) is 3.24 Å². The molecule has 0 radical (unpaired) electrons. The van der Waals surface area contributed by atoms with E-state index in [-0.39, 0.29) is 10.8 Å². The van der Waals surface area contributed by atoms with Crippen LogP contribution in [-0.2, 0) is 10.8 Å². The minimum absolute atomic E-state index is 0.103. The first-order valence-corrected chi connectivity index (χ1v) is 20.8. The quantitative estimate of drug-likeness (QED) is 0.164. The highest BCUT2D eigenvalue weighted by molar-refractivity contribution is 7.26. The Kier molecular flexibility index (Phi) is 8.32. The Labute approximate surface area is 340 Å². The summed E-state index contributed by atoms with van der Waals surface area (Å²) in [6, 6.07) is 67.4. The molecule has 9 aromatic rings. The minimum Gasteiger partial charge on any atom is -0.310 e. The average molecular weight is 752 g/mol. The SMILES string of the molecule is CC(C)(C)c1cc(-c2ccc3sc4c(-c5ccccc5)cccc4c3c2)ccc1N(c1ccc(-c2ccccc2)cc1)c1ccc2c(c1)C(C)(C)c1ccccc1-2. The molecule has 2 heteroatoms. The van der Waals surface area contributed by atoms with E-state index in [1.807, 2.05) is 11.3 Å². The lowest BCUT2D eigenvalue weighted by atomic mass is 9.82. The molecular formula is C55H45NS. The van der Waals surface area contributed by atoms with Gasteiger partial charge in [-0.1, -0.05) is 168 Å². The zero-order chi connectivity index (χ0) is 38.9. The van der Waals surface area contributed by atoms with E-state index in [0.717, 1.165) is 5.69 Å². The maximum absolute atomic E-state index is 2.49. The third-order valence-corrected chi connectivity index (χ3v) is 13.2. The second-order valence-electron chi connectivity index (χ2n) is 17.0. The largest absolute Gasteiger partial charge is 0.310 e. The molecule has 0 amide bonds. The van der Waals surface area contributed by atoms with Crippen molar-refractivity contribution in [2.45, 2.75) is 45.4 Å². The molecule has 8 aromatic carbocycles. The van der Waals surface area contributed by atoms with E-state index in [1.54, 1.807) is 0 Å². The van der Waals surface area contributed by atoms with Crippen molar-refractivity contribution in [1.29, 1.82) is 0 Å². The van der Waals surface area contributed by atoms with E-state index in [0.29, 0.717) is 0 Å². The van der Waals surface area contributed by atoms with Gasteiger partial charge in [0.25, 0.3) is 0 Å². The van der Waals surface area contributed by atoms with Crippen LogP contribution in [0, 0.1) is 0 Å². The molecule has 0 bridgehead atoms. The van der Waals surface area contributed by atoms with Crippen LogP contribution in [0.4, 0.5) is 17.1 Å². The van der Waals surface area contributed by atoms with Gasteiger partial charge in [-0.05, 0) is 115 Å². The van der Waals surface area contributed by atoms with E-state index in [9.17, 15) is 0 Å². The van der Waals surface area contributed by atoms with E-state index >= 15 is 0 Å². The lowest BCUT2D eigenvalue weighted by Gasteiger charge is -2.33. The Balaban J connectivity index is 1.12. The van der Waals surface area contributed by atoms with E-state index in [1.165, 1.54) is 92.7 Å². The number of hydrogen-bond donors (Lipinski definition) is 0. The van der Waals surface area contributed by atoms with E-state index < -0.39 is 0 Å². The fourth-order valence-electron chi connectivity index (χ4n) is 9.03. The summed E-state index contributed by atoms with van der Waals surface area (Å²) in [5.74, 6) is 0. The Morgan fingerprint density at radius 3 is 1.79 bits per heavy atom. The van der Waals surface area contributed by atoms with Gasteiger partial charge in [0, 0.05) is 42.6 Å². The Hall–Kier alpha value is -6.22. The van der Waals surface area contributed by atoms with E-state index in [4.69, 9.17) is 0 Å². The molecular weight excluding hydrogens is 707 g/mol. The zero-order valence-corrected chi connectivity index (χ0v) is 34.0. The predicted molar refractivity (Wildman–Crippen MR) is 247 cm³/mol. The monoisotopic (exact) mass is 751 g/mol. The fraction of sp³-hybridized carbons (Fsp3) is 0.127. The highest BCUT2D eigenvalue weighted by atomic mass is 32.1. The van der Waals surface area contributed by atoms with Crippen molar-refractivity contribution >= 4 is 48.6 Å². The molecule has 0 saturated heterocycles. The Bertz CT molecular complexity index is 2940. The number of rotatable bonds is 6. The first-order valence-electron chi connectivity index (χ1n) is 20.0. The summed E-state index contributed by atoms with van der Waals surface area (Å²) in [5.41, 5.74) is 17.5. The number of fused-ring (bicyclic) bond motifs is 6.